The fourth-order valence-electron chi connectivity index (χ4n) is 4.10. The van der Waals surface area contributed by atoms with Crippen LogP contribution in [0.4, 0.5) is 5.69 Å². The zero-order valence-electron chi connectivity index (χ0n) is 13.6. The molecule has 1 heterocycles. The van der Waals surface area contributed by atoms with Gasteiger partial charge < -0.3 is 10.1 Å². The van der Waals surface area contributed by atoms with E-state index in [-0.39, 0.29) is 6.04 Å². The maximum absolute atomic E-state index is 6.51. The molecule has 2 aromatic rings. The summed E-state index contributed by atoms with van der Waals surface area (Å²) in [5, 5.41) is 5.08. The number of nitrogens with one attached hydrogen (secondary N) is 1. The highest BCUT2D eigenvalue weighted by Crippen LogP contribution is 2.54. The van der Waals surface area contributed by atoms with E-state index in [1.54, 1.807) is 7.11 Å². The first-order chi connectivity index (χ1) is 11.6. The summed E-state index contributed by atoms with van der Waals surface area (Å²) in [6.07, 6.45) is 5.65. The van der Waals surface area contributed by atoms with Crippen LogP contribution in [0.15, 0.2) is 42.5 Å². The normalized spacial score (nSPS) is 24.2. The maximum atomic E-state index is 6.51. The number of benzene rings is 2. The minimum Gasteiger partial charge on any atom is -0.495 e. The molecule has 0 radical (unpaired) electrons. The molecule has 0 saturated carbocycles. The molecule has 2 aliphatic rings. The second-order valence-corrected chi connectivity index (χ2v) is 7.36. The lowest BCUT2D eigenvalue weighted by Gasteiger charge is -2.39. The summed E-state index contributed by atoms with van der Waals surface area (Å²) in [5.41, 5.74) is 4.81. The summed E-state index contributed by atoms with van der Waals surface area (Å²) in [6, 6.07) is 10.1. The van der Waals surface area contributed by atoms with E-state index >= 15 is 0 Å². The summed E-state index contributed by atoms with van der Waals surface area (Å²) in [7, 11) is 1.72. The third-order valence-electron chi connectivity index (χ3n) is 5.22. The van der Waals surface area contributed by atoms with Crippen LogP contribution in [0, 0.1) is 12.8 Å². The number of allylic oxidation sites excluding steroid dienone is 2. The van der Waals surface area contributed by atoms with E-state index in [1.165, 1.54) is 11.1 Å². The Morgan fingerprint density at radius 2 is 2.00 bits per heavy atom. The molecule has 1 N–H and O–H groups in total. The second kappa shape index (κ2) is 6.02. The van der Waals surface area contributed by atoms with Gasteiger partial charge in [-0.2, -0.15) is 0 Å². The van der Waals surface area contributed by atoms with Gasteiger partial charge in [0.2, 0.25) is 0 Å². The zero-order chi connectivity index (χ0) is 16.8. The van der Waals surface area contributed by atoms with Crippen LogP contribution in [0.2, 0.25) is 10.0 Å². The Morgan fingerprint density at radius 1 is 1.17 bits per heavy atom. The van der Waals surface area contributed by atoms with Crippen LogP contribution in [0.5, 0.6) is 5.75 Å². The third-order valence-corrected chi connectivity index (χ3v) is 5.78. The standard InChI is InChI=1S/C20H19Cl2NO/c1-11-6-9-17(24-2)20-18(11)13-4-3-5-14(13)19(23-20)15-8-7-12(21)10-16(15)22/h3-4,6-10,13-14,19,23H,5H2,1-2H3/t13-,14-,19-/m1/s1. The van der Waals surface area contributed by atoms with Crippen molar-refractivity contribution in [3.8, 4) is 5.75 Å². The van der Waals surface area contributed by atoms with Crippen molar-refractivity contribution in [2.75, 3.05) is 12.4 Å². The Hall–Kier alpha value is -1.64. The highest BCUT2D eigenvalue weighted by molar-refractivity contribution is 6.35. The van der Waals surface area contributed by atoms with Gasteiger partial charge in [0.25, 0.3) is 0 Å². The molecule has 24 heavy (non-hydrogen) atoms. The lowest BCUT2D eigenvalue weighted by Crippen LogP contribution is -2.30. The van der Waals surface area contributed by atoms with Gasteiger partial charge in [-0.3, -0.25) is 0 Å². The van der Waals surface area contributed by atoms with E-state index in [9.17, 15) is 0 Å². The van der Waals surface area contributed by atoms with Crippen LogP contribution in [0.1, 0.15) is 35.1 Å². The Bertz CT molecular complexity index is 831. The van der Waals surface area contributed by atoms with Crippen molar-refractivity contribution in [3.63, 3.8) is 0 Å². The predicted octanol–water partition coefficient (Wildman–Crippen LogP) is 6.14. The van der Waals surface area contributed by atoms with E-state index in [1.807, 2.05) is 24.3 Å². The molecule has 2 nitrogen and oxygen atoms in total. The molecule has 0 spiro atoms. The molecule has 2 aromatic carbocycles. The lowest BCUT2D eigenvalue weighted by molar-refractivity contribution is 0.396. The SMILES string of the molecule is COc1ccc(C)c2c1N[C@@H](c1ccc(Cl)cc1Cl)[C@@H]1CC=C[C@@H]21. The highest BCUT2D eigenvalue weighted by Gasteiger charge is 2.40. The molecule has 1 aliphatic carbocycles. The van der Waals surface area contributed by atoms with E-state index in [2.05, 4.69) is 30.5 Å². The van der Waals surface area contributed by atoms with Gasteiger partial charge in [0.1, 0.15) is 5.75 Å². The van der Waals surface area contributed by atoms with Crippen LogP contribution >= 0.6 is 23.2 Å². The number of halogens is 2. The van der Waals surface area contributed by atoms with Crippen LogP contribution in [-0.2, 0) is 0 Å². The van der Waals surface area contributed by atoms with Gasteiger partial charge in [0.15, 0.2) is 0 Å². The van der Waals surface area contributed by atoms with Crippen molar-refractivity contribution in [2.45, 2.75) is 25.3 Å². The van der Waals surface area contributed by atoms with Gasteiger partial charge in [-0.05, 0) is 54.2 Å². The van der Waals surface area contributed by atoms with E-state index < -0.39 is 0 Å². The molecule has 0 saturated heterocycles. The van der Waals surface area contributed by atoms with Crippen molar-refractivity contribution >= 4 is 28.9 Å². The van der Waals surface area contributed by atoms with Gasteiger partial charge in [-0.1, -0.05) is 47.5 Å². The first kappa shape index (κ1) is 15.9. The van der Waals surface area contributed by atoms with Crippen molar-refractivity contribution in [1.82, 2.24) is 0 Å². The molecule has 0 unspecified atom stereocenters. The Balaban J connectivity index is 1.87. The number of ether oxygens (including phenoxy) is 1. The fraction of sp³-hybridized carbons (Fsp3) is 0.300. The minimum atomic E-state index is 0.137. The zero-order valence-corrected chi connectivity index (χ0v) is 15.2. The van der Waals surface area contributed by atoms with Crippen molar-refractivity contribution < 1.29 is 4.74 Å². The number of hydrogen-bond acceptors (Lipinski definition) is 2. The quantitative estimate of drug-likeness (QED) is 0.650. The summed E-state index contributed by atoms with van der Waals surface area (Å²) in [5.74, 6) is 1.71. The van der Waals surface area contributed by atoms with E-state index in [0.29, 0.717) is 21.9 Å². The van der Waals surface area contributed by atoms with Gasteiger partial charge in [0.05, 0.1) is 18.8 Å². The average Bonchev–Trinajstić information content (AvgIpc) is 3.04. The molecule has 0 aromatic heterocycles. The van der Waals surface area contributed by atoms with Crippen LogP contribution < -0.4 is 10.1 Å². The van der Waals surface area contributed by atoms with Crippen LogP contribution in [-0.4, -0.2) is 7.11 Å². The second-order valence-electron chi connectivity index (χ2n) is 6.51. The molecule has 0 amide bonds. The molecule has 124 valence electrons. The highest BCUT2D eigenvalue weighted by atomic mass is 35.5. The Labute approximate surface area is 152 Å². The monoisotopic (exact) mass is 359 g/mol. The van der Waals surface area contributed by atoms with Gasteiger partial charge in [-0.15, -0.1) is 0 Å². The first-order valence-electron chi connectivity index (χ1n) is 8.15. The number of fused-ring (bicyclic) bond motifs is 3. The lowest BCUT2D eigenvalue weighted by atomic mass is 9.75. The summed E-state index contributed by atoms with van der Waals surface area (Å²) in [6.45, 7) is 2.17. The van der Waals surface area contributed by atoms with Gasteiger partial charge in [0, 0.05) is 16.0 Å². The molecule has 4 heteroatoms. The minimum absolute atomic E-state index is 0.137. The summed E-state index contributed by atoms with van der Waals surface area (Å²) in [4.78, 5) is 0. The summed E-state index contributed by atoms with van der Waals surface area (Å²) >= 11 is 12.6. The Kier molecular flexibility index (Phi) is 3.98. The predicted molar refractivity (Wildman–Crippen MR) is 101 cm³/mol. The van der Waals surface area contributed by atoms with Crippen LogP contribution in [0.25, 0.3) is 0 Å². The molecule has 0 bridgehead atoms. The smallest absolute Gasteiger partial charge is 0.142 e. The molecular formula is C20H19Cl2NO. The number of methoxy groups -OCH3 is 1. The average molecular weight is 360 g/mol. The van der Waals surface area contributed by atoms with Crippen molar-refractivity contribution in [2.24, 2.45) is 5.92 Å². The van der Waals surface area contributed by atoms with Crippen molar-refractivity contribution in [3.05, 3.63) is 69.2 Å². The van der Waals surface area contributed by atoms with Crippen LogP contribution in [0.3, 0.4) is 0 Å². The largest absolute Gasteiger partial charge is 0.495 e. The first-order valence-corrected chi connectivity index (χ1v) is 8.91. The number of aryl methyl sites for hydroxylation is 1. The number of anilines is 1. The molecule has 1 aliphatic heterocycles. The maximum Gasteiger partial charge on any atom is 0.142 e. The molecule has 0 fully saturated rings. The number of rotatable bonds is 2. The van der Waals surface area contributed by atoms with Crippen molar-refractivity contribution in [1.29, 1.82) is 0 Å². The number of hydrogen-bond donors (Lipinski definition) is 1. The van der Waals surface area contributed by atoms with Gasteiger partial charge >= 0.3 is 0 Å². The van der Waals surface area contributed by atoms with E-state index in [4.69, 9.17) is 27.9 Å². The van der Waals surface area contributed by atoms with E-state index in [0.717, 1.165) is 23.4 Å². The molecule has 3 atom stereocenters. The molecule has 4 rings (SSSR count). The Morgan fingerprint density at radius 3 is 2.75 bits per heavy atom. The van der Waals surface area contributed by atoms with Gasteiger partial charge in [-0.25, -0.2) is 0 Å². The summed E-state index contributed by atoms with van der Waals surface area (Å²) < 4.78 is 5.61. The molecular weight excluding hydrogens is 341 g/mol. The third kappa shape index (κ3) is 2.40. The fourth-order valence-corrected chi connectivity index (χ4v) is 4.63. The topological polar surface area (TPSA) is 21.3 Å².